The fourth-order valence-corrected chi connectivity index (χ4v) is 3.03. The molecule has 0 atom stereocenters. The lowest BCUT2D eigenvalue weighted by molar-refractivity contribution is 0.962. The van der Waals surface area contributed by atoms with Gasteiger partial charge in [-0.3, -0.25) is 0 Å². The Morgan fingerprint density at radius 1 is 0.929 bits per heavy atom. The number of aromatic nitrogens is 6. The van der Waals surface area contributed by atoms with Crippen molar-refractivity contribution in [2.24, 2.45) is 0 Å². The van der Waals surface area contributed by atoms with E-state index in [4.69, 9.17) is 0 Å². The molecule has 2 N–H and O–H groups in total. The Bertz CT molecular complexity index is 1250. The second-order valence-electron chi connectivity index (χ2n) is 6.18. The molecule has 0 radical (unpaired) electrons. The molecule has 0 bridgehead atoms. The van der Waals surface area contributed by atoms with E-state index in [2.05, 4.69) is 35.7 Å². The lowest BCUT2D eigenvalue weighted by Gasteiger charge is -2.09. The zero-order chi connectivity index (χ0) is 18.9. The molecular weight excluding hydrogens is 352 g/mol. The van der Waals surface area contributed by atoms with Crippen LogP contribution in [-0.2, 0) is 0 Å². The summed E-state index contributed by atoms with van der Waals surface area (Å²) in [5.41, 5.74) is 1.47. The molecule has 0 saturated heterocycles. The first kappa shape index (κ1) is 16.1. The van der Waals surface area contributed by atoms with Gasteiger partial charge in [-0.25, -0.2) is 24.5 Å². The van der Waals surface area contributed by atoms with Crippen LogP contribution in [0.3, 0.4) is 0 Å². The van der Waals surface area contributed by atoms with E-state index in [-0.39, 0.29) is 0 Å². The van der Waals surface area contributed by atoms with Crippen LogP contribution < -0.4 is 10.6 Å². The van der Waals surface area contributed by atoms with Crippen LogP contribution in [0.4, 0.5) is 17.5 Å². The van der Waals surface area contributed by atoms with Crippen LogP contribution in [0.25, 0.3) is 27.9 Å². The SMILES string of the molecule is CNc1nc(-c2nc3ccccn3n2)cc2cc(Nc3ccccn3)ncc12. The number of anilines is 3. The van der Waals surface area contributed by atoms with E-state index in [0.717, 1.165) is 28.1 Å². The van der Waals surface area contributed by atoms with Gasteiger partial charge in [-0.15, -0.1) is 5.10 Å². The van der Waals surface area contributed by atoms with Gasteiger partial charge in [0.25, 0.3) is 0 Å². The normalized spacial score (nSPS) is 11.0. The fraction of sp³-hybridized carbons (Fsp3) is 0.0500. The maximum absolute atomic E-state index is 4.68. The van der Waals surface area contributed by atoms with Crippen molar-refractivity contribution in [1.29, 1.82) is 0 Å². The number of pyridine rings is 4. The fourth-order valence-electron chi connectivity index (χ4n) is 3.03. The topological polar surface area (TPSA) is 92.9 Å². The number of rotatable bonds is 4. The predicted octanol–water partition coefficient (Wildman–Crippen LogP) is 3.52. The molecule has 0 fully saturated rings. The van der Waals surface area contributed by atoms with E-state index in [9.17, 15) is 0 Å². The Hall–Kier alpha value is -4.07. The quantitative estimate of drug-likeness (QED) is 0.501. The molecule has 0 aliphatic rings. The molecule has 0 spiro atoms. The molecule has 0 saturated carbocycles. The zero-order valence-corrected chi connectivity index (χ0v) is 15.0. The van der Waals surface area contributed by atoms with E-state index < -0.39 is 0 Å². The van der Waals surface area contributed by atoms with Crippen molar-refractivity contribution in [2.45, 2.75) is 0 Å². The second-order valence-corrected chi connectivity index (χ2v) is 6.18. The highest BCUT2D eigenvalue weighted by atomic mass is 15.3. The molecule has 0 aromatic carbocycles. The molecule has 5 heterocycles. The van der Waals surface area contributed by atoms with E-state index in [1.807, 2.05) is 61.8 Å². The molecule has 136 valence electrons. The summed E-state index contributed by atoms with van der Waals surface area (Å²) >= 11 is 0. The van der Waals surface area contributed by atoms with Crippen molar-refractivity contribution in [3.63, 3.8) is 0 Å². The average molecular weight is 368 g/mol. The monoisotopic (exact) mass is 368 g/mol. The van der Waals surface area contributed by atoms with Gasteiger partial charge in [0, 0.05) is 31.0 Å². The van der Waals surface area contributed by atoms with Crippen molar-refractivity contribution >= 4 is 33.9 Å². The molecule has 8 heteroatoms. The van der Waals surface area contributed by atoms with Crippen molar-refractivity contribution < 1.29 is 0 Å². The van der Waals surface area contributed by atoms with E-state index in [1.54, 1.807) is 16.9 Å². The number of fused-ring (bicyclic) bond motifs is 2. The number of nitrogens with zero attached hydrogens (tertiary/aromatic N) is 6. The Morgan fingerprint density at radius 2 is 1.86 bits per heavy atom. The number of hydrogen-bond acceptors (Lipinski definition) is 7. The van der Waals surface area contributed by atoms with E-state index >= 15 is 0 Å². The third kappa shape index (κ3) is 2.86. The highest BCUT2D eigenvalue weighted by molar-refractivity contribution is 5.95. The Labute approximate surface area is 160 Å². The van der Waals surface area contributed by atoms with Crippen LogP contribution in [0, 0.1) is 0 Å². The Balaban J connectivity index is 1.61. The lowest BCUT2D eigenvalue weighted by Crippen LogP contribution is -1.99. The summed E-state index contributed by atoms with van der Waals surface area (Å²) in [4.78, 5) is 18.0. The molecule has 5 aromatic heterocycles. The lowest BCUT2D eigenvalue weighted by atomic mass is 10.1. The van der Waals surface area contributed by atoms with Gasteiger partial charge in [0.15, 0.2) is 5.65 Å². The molecule has 8 nitrogen and oxygen atoms in total. The van der Waals surface area contributed by atoms with Crippen molar-refractivity contribution in [2.75, 3.05) is 17.7 Å². The maximum Gasteiger partial charge on any atom is 0.200 e. The number of nitrogens with one attached hydrogen (secondary N) is 2. The summed E-state index contributed by atoms with van der Waals surface area (Å²) < 4.78 is 1.74. The van der Waals surface area contributed by atoms with Crippen LogP contribution in [0.2, 0.25) is 0 Å². The highest BCUT2D eigenvalue weighted by Gasteiger charge is 2.12. The van der Waals surface area contributed by atoms with E-state index in [1.165, 1.54) is 0 Å². The molecule has 0 aliphatic carbocycles. The molecule has 28 heavy (non-hydrogen) atoms. The van der Waals surface area contributed by atoms with Gasteiger partial charge in [0.1, 0.15) is 23.1 Å². The van der Waals surface area contributed by atoms with Crippen molar-refractivity contribution in [1.82, 2.24) is 29.5 Å². The first-order chi connectivity index (χ1) is 13.8. The first-order valence-electron chi connectivity index (χ1n) is 8.78. The molecule has 0 amide bonds. The molecule has 5 aromatic rings. The van der Waals surface area contributed by atoms with Crippen LogP contribution in [0.5, 0.6) is 0 Å². The summed E-state index contributed by atoms with van der Waals surface area (Å²) in [5, 5.41) is 12.8. The summed E-state index contributed by atoms with van der Waals surface area (Å²) in [7, 11) is 1.84. The van der Waals surface area contributed by atoms with Crippen molar-refractivity contribution in [3.8, 4) is 11.5 Å². The summed E-state index contributed by atoms with van der Waals surface area (Å²) in [6.45, 7) is 0. The second kappa shape index (κ2) is 6.58. The first-order valence-corrected chi connectivity index (χ1v) is 8.78. The number of hydrogen-bond donors (Lipinski definition) is 2. The van der Waals surface area contributed by atoms with Gasteiger partial charge in [-0.2, -0.15) is 0 Å². The summed E-state index contributed by atoms with van der Waals surface area (Å²) in [5.74, 6) is 2.73. The van der Waals surface area contributed by atoms with Gasteiger partial charge >= 0.3 is 0 Å². The van der Waals surface area contributed by atoms with Gasteiger partial charge in [0.05, 0.1) is 0 Å². The Kier molecular flexibility index (Phi) is 3.79. The largest absolute Gasteiger partial charge is 0.373 e. The molecule has 0 aliphatic heterocycles. The molecule has 0 unspecified atom stereocenters. The van der Waals surface area contributed by atoms with E-state index in [0.29, 0.717) is 17.3 Å². The van der Waals surface area contributed by atoms with Crippen molar-refractivity contribution in [3.05, 3.63) is 67.1 Å². The Morgan fingerprint density at radius 3 is 2.68 bits per heavy atom. The van der Waals surface area contributed by atoms with Crippen LogP contribution in [0.15, 0.2) is 67.1 Å². The standard InChI is InChI=1S/C20H16N8/c1-21-19-14-12-23-17(25-16-6-2-4-8-22-16)11-13(14)10-15(24-19)20-26-18-7-3-5-9-28(18)27-20/h2-12H,1H3,(H,21,24)(H,22,23,25). The van der Waals surface area contributed by atoms with Gasteiger partial charge in [-0.05, 0) is 41.8 Å². The molecular formula is C20H16N8. The van der Waals surface area contributed by atoms with Gasteiger partial charge in [0.2, 0.25) is 5.82 Å². The minimum atomic E-state index is 0.570. The van der Waals surface area contributed by atoms with Crippen LogP contribution in [-0.4, -0.2) is 36.6 Å². The third-order valence-electron chi connectivity index (χ3n) is 4.34. The highest BCUT2D eigenvalue weighted by Crippen LogP contribution is 2.28. The predicted molar refractivity (Wildman–Crippen MR) is 109 cm³/mol. The minimum Gasteiger partial charge on any atom is -0.373 e. The average Bonchev–Trinajstić information content (AvgIpc) is 3.18. The summed E-state index contributed by atoms with van der Waals surface area (Å²) in [6.07, 6.45) is 5.39. The summed E-state index contributed by atoms with van der Waals surface area (Å²) in [6, 6.07) is 15.4. The maximum atomic E-state index is 4.68. The van der Waals surface area contributed by atoms with Crippen LogP contribution >= 0.6 is 0 Å². The third-order valence-corrected chi connectivity index (χ3v) is 4.34. The van der Waals surface area contributed by atoms with Gasteiger partial charge < -0.3 is 10.6 Å². The molecule has 5 rings (SSSR count). The smallest absolute Gasteiger partial charge is 0.200 e. The minimum absolute atomic E-state index is 0.570. The van der Waals surface area contributed by atoms with Gasteiger partial charge in [-0.1, -0.05) is 12.1 Å². The van der Waals surface area contributed by atoms with Crippen LogP contribution in [0.1, 0.15) is 0 Å². The zero-order valence-electron chi connectivity index (χ0n) is 15.0.